The first-order chi connectivity index (χ1) is 12.6. The highest BCUT2D eigenvalue weighted by Gasteiger charge is 2.31. The number of anilines is 1. The normalized spacial score (nSPS) is 14.1. The SMILES string of the molecule is CNc1ccc2c(c1O)C(=Nc1ccc(C)cc1)c1ccccc1C2=O. The first-order valence-corrected chi connectivity index (χ1v) is 8.43. The number of ketones is 1. The summed E-state index contributed by atoms with van der Waals surface area (Å²) in [6, 6.07) is 18.7. The molecule has 0 saturated heterocycles. The fourth-order valence-electron chi connectivity index (χ4n) is 3.25. The van der Waals surface area contributed by atoms with Crippen molar-refractivity contribution in [3.63, 3.8) is 0 Å². The summed E-state index contributed by atoms with van der Waals surface area (Å²) in [7, 11) is 1.73. The molecule has 0 atom stereocenters. The summed E-state index contributed by atoms with van der Waals surface area (Å²) in [4.78, 5) is 17.7. The quantitative estimate of drug-likeness (QED) is 0.529. The van der Waals surface area contributed by atoms with Crippen LogP contribution in [0.25, 0.3) is 0 Å². The van der Waals surface area contributed by atoms with Crippen LogP contribution in [0.3, 0.4) is 0 Å². The van der Waals surface area contributed by atoms with Crippen LogP contribution in [0.5, 0.6) is 5.75 Å². The summed E-state index contributed by atoms with van der Waals surface area (Å²) in [5.41, 5.74) is 5.36. The van der Waals surface area contributed by atoms with Crippen molar-refractivity contribution in [3.8, 4) is 5.75 Å². The minimum Gasteiger partial charge on any atom is -0.505 e. The zero-order valence-corrected chi connectivity index (χ0v) is 14.6. The van der Waals surface area contributed by atoms with Crippen LogP contribution in [0, 0.1) is 6.92 Å². The molecule has 0 aliphatic heterocycles. The van der Waals surface area contributed by atoms with Crippen molar-refractivity contribution in [2.75, 3.05) is 12.4 Å². The first-order valence-electron chi connectivity index (χ1n) is 8.43. The van der Waals surface area contributed by atoms with E-state index < -0.39 is 0 Å². The van der Waals surface area contributed by atoms with E-state index in [0.717, 1.165) is 16.8 Å². The minimum absolute atomic E-state index is 0.0405. The van der Waals surface area contributed by atoms with E-state index >= 15 is 0 Å². The van der Waals surface area contributed by atoms with Gasteiger partial charge in [-0.1, -0.05) is 42.0 Å². The Morgan fingerprint density at radius 1 is 0.885 bits per heavy atom. The summed E-state index contributed by atoms with van der Waals surface area (Å²) in [5, 5.41) is 13.7. The monoisotopic (exact) mass is 342 g/mol. The van der Waals surface area contributed by atoms with Crippen molar-refractivity contribution >= 4 is 22.9 Å². The van der Waals surface area contributed by atoms with Gasteiger partial charge in [-0.25, -0.2) is 4.99 Å². The second kappa shape index (κ2) is 6.15. The Labute approximate surface area is 151 Å². The van der Waals surface area contributed by atoms with Crippen LogP contribution in [0.1, 0.15) is 32.6 Å². The number of carbonyl (C=O) groups excluding carboxylic acids is 1. The van der Waals surface area contributed by atoms with Crippen molar-refractivity contribution in [1.82, 2.24) is 0 Å². The van der Waals surface area contributed by atoms with Crippen molar-refractivity contribution in [2.24, 2.45) is 4.99 Å². The van der Waals surface area contributed by atoms with Crippen LogP contribution in [-0.4, -0.2) is 23.6 Å². The number of rotatable bonds is 2. The topological polar surface area (TPSA) is 61.7 Å². The molecule has 2 N–H and O–H groups in total. The number of aliphatic imine (C=N–C) groups is 1. The molecule has 0 saturated carbocycles. The average Bonchev–Trinajstić information content (AvgIpc) is 2.67. The molecule has 4 nitrogen and oxygen atoms in total. The minimum atomic E-state index is -0.101. The molecule has 1 aliphatic rings. The predicted molar refractivity (Wildman–Crippen MR) is 104 cm³/mol. The number of hydrogen-bond acceptors (Lipinski definition) is 4. The fraction of sp³-hybridized carbons (Fsp3) is 0.0909. The van der Waals surface area contributed by atoms with Crippen molar-refractivity contribution < 1.29 is 9.90 Å². The van der Waals surface area contributed by atoms with Gasteiger partial charge in [0.15, 0.2) is 5.78 Å². The Bertz CT molecular complexity index is 1050. The highest BCUT2D eigenvalue weighted by molar-refractivity contribution is 6.31. The van der Waals surface area contributed by atoms with E-state index in [1.54, 1.807) is 25.2 Å². The Kier molecular flexibility index (Phi) is 3.81. The maximum atomic E-state index is 12.9. The molecule has 26 heavy (non-hydrogen) atoms. The number of nitrogens with zero attached hydrogens (tertiary/aromatic N) is 1. The van der Waals surface area contributed by atoms with Gasteiger partial charge in [-0.15, -0.1) is 0 Å². The first kappa shape index (κ1) is 16.1. The standard InChI is InChI=1S/C22H18N2O2/c1-13-7-9-14(10-8-13)24-20-15-5-3-4-6-16(15)21(25)17-11-12-18(23-2)22(26)19(17)20/h3-12,23,26H,1-2H3. The molecule has 4 heteroatoms. The summed E-state index contributed by atoms with van der Waals surface area (Å²) in [6.07, 6.45) is 0. The molecule has 3 aromatic carbocycles. The van der Waals surface area contributed by atoms with Gasteiger partial charge in [0.25, 0.3) is 0 Å². The predicted octanol–water partition coefficient (Wildman–Crippen LogP) is 4.46. The van der Waals surface area contributed by atoms with E-state index in [-0.39, 0.29) is 11.5 Å². The largest absolute Gasteiger partial charge is 0.505 e. The van der Waals surface area contributed by atoms with Gasteiger partial charge in [0, 0.05) is 23.7 Å². The molecule has 128 valence electrons. The summed E-state index contributed by atoms with van der Waals surface area (Å²) in [5.74, 6) is -0.0601. The number of aromatic hydroxyl groups is 1. The molecule has 0 unspecified atom stereocenters. The zero-order chi connectivity index (χ0) is 18.3. The summed E-state index contributed by atoms with van der Waals surface area (Å²) < 4.78 is 0. The number of aryl methyl sites for hydroxylation is 1. The number of phenols is 1. The van der Waals surface area contributed by atoms with Crippen molar-refractivity contribution in [2.45, 2.75) is 6.92 Å². The zero-order valence-electron chi connectivity index (χ0n) is 14.6. The van der Waals surface area contributed by atoms with Gasteiger partial charge < -0.3 is 10.4 Å². The molecular weight excluding hydrogens is 324 g/mol. The molecule has 0 bridgehead atoms. The van der Waals surface area contributed by atoms with Gasteiger partial charge in [-0.2, -0.15) is 0 Å². The van der Waals surface area contributed by atoms with Gasteiger partial charge in [0.1, 0.15) is 5.75 Å². The average molecular weight is 342 g/mol. The number of nitrogens with one attached hydrogen (secondary N) is 1. The van der Waals surface area contributed by atoms with E-state index in [0.29, 0.717) is 28.1 Å². The lowest BCUT2D eigenvalue weighted by Crippen LogP contribution is -2.22. The van der Waals surface area contributed by atoms with Gasteiger partial charge in [-0.05, 0) is 31.2 Å². The van der Waals surface area contributed by atoms with Gasteiger partial charge in [0.2, 0.25) is 0 Å². The molecule has 0 spiro atoms. The van der Waals surface area contributed by atoms with Gasteiger partial charge >= 0.3 is 0 Å². The van der Waals surface area contributed by atoms with Crippen molar-refractivity contribution in [3.05, 3.63) is 88.5 Å². The van der Waals surface area contributed by atoms with E-state index in [1.165, 1.54) is 0 Å². The number of fused-ring (bicyclic) bond motifs is 2. The molecular formula is C22H18N2O2. The van der Waals surface area contributed by atoms with Gasteiger partial charge in [-0.3, -0.25) is 4.79 Å². The molecule has 0 heterocycles. The van der Waals surface area contributed by atoms with E-state index in [4.69, 9.17) is 4.99 Å². The lowest BCUT2D eigenvalue weighted by Gasteiger charge is -2.22. The molecule has 4 rings (SSSR count). The van der Waals surface area contributed by atoms with E-state index in [2.05, 4.69) is 5.32 Å². The molecule has 3 aromatic rings. The summed E-state index contributed by atoms with van der Waals surface area (Å²) in [6.45, 7) is 2.02. The fourth-order valence-corrected chi connectivity index (χ4v) is 3.25. The molecule has 0 radical (unpaired) electrons. The smallest absolute Gasteiger partial charge is 0.194 e. The van der Waals surface area contributed by atoms with Crippen LogP contribution >= 0.6 is 0 Å². The molecule has 0 amide bonds. The summed E-state index contributed by atoms with van der Waals surface area (Å²) >= 11 is 0. The highest BCUT2D eigenvalue weighted by Crippen LogP contribution is 2.38. The third-order valence-electron chi connectivity index (χ3n) is 4.63. The third kappa shape index (κ3) is 2.47. The second-order valence-electron chi connectivity index (χ2n) is 6.30. The van der Waals surface area contributed by atoms with E-state index in [1.807, 2.05) is 49.4 Å². The maximum Gasteiger partial charge on any atom is 0.194 e. The van der Waals surface area contributed by atoms with Crippen LogP contribution < -0.4 is 5.32 Å². The lowest BCUT2D eigenvalue weighted by atomic mass is 9.82. The number of hydrogen-bond donors (Lipinski definition) is 2. The Balaban J connectivity index is 2.03. The van der Waals surface area contributed by atoms with Crippen LogP contribution in [0.4, 0.5) is 11.4 Å². The van der Waals surface area contributed by atoms with Crippen molar-refractivity contribution in [1.29, 1.82) is 0 Å². The molecule has 0 aromatic heterocycles. The van der Waals surface area contributed by atoms with E-state index in [9.17, 15) is 9.90 Å². The number of benzene rings is 3. The Hall–Kier alpha value is -3.40. The lowest BCUT2D eigenvalue weighted by molar-refractivity contribution is 0.103. The number of phenolic OH excluding ortho intramolecular Hbond substituents is 1. The van der Waals surface area contributed by atoms with Crippen LogP contribution in [-0.2, 0) is 0 Å². The van der Waals surface area contributed by atoms with Gasteiger partial charge in [0.05, 0.1) is 22.6 Å². The second-order valence-corrected chi connectivity index (χ2v) is 6.30. The Morgan fingerprint density at radius 2 is 1.58 bits per heavy atom. The van der Waals surface area contributed by atoms with Crippen LogP contribution in [0.2, 0.25) is 0 Å². The Morgan fingerprint density at radius 3 is 2.27 bits per heavy atom. The molecule has 1 aliphatic carbocycles. The van der Waals surface area contributed by atoms with Crippen LogP contribution in [0.15, 0.2) is 65.7 Å². The third-order valence-corrected chi connectivity index (χ3v) is 4.63. The maximum absolute atomic E-state index is 12.9. The number of carbonyl (C=O) groups is 1. The molecule has 0 fully saturated rings. The highest BCUT2D eigenvalue weighted by atomic mass is 16.3.